The molecule has 0 amide bonds. The van der Waals surface area contributed by atoms with Crippen LogP contribution in [0.25, 0.3) is 0 Å². The number of piperidine rings is 1. The molecular weight excluding hydrogens is 290 g/mol. The van der Waals surface area contributed by atoms with Crippen LogP contribution in [0.3, 0.4) is 0 Å². The van der Waals surface area contributed by atoms with Crippen LogP contribution < -0.4 is 5.32 Å². The van der Waals surface area contributed by atoms with Gasteiger partial charge in [0.2, 0.25) is 10.0 Å². The van der Waals surface area contributed by atoms with Crippen molar-refractivity contribution in [3.8, 4) is 0 Å². The number of hydrogen-bond donors (Lipinski definition) is 1. The lowest BCUT2D eigenvalue weighted by Gasteiger charge is -2.30. The van der Waals surface area contributed by atoms with E-state index >= 15 is 0 Å². The summed E-state index contributed by atoms with van der Waals surface area (Å²) in [4.78, 5) is 4.31. The van der Waals surface area contributed by atoms with Crippen molar-refractivity contribution in [3.05, 3.63) is 12.2 Å². The van der Waals surface area contributed by atoms with Crippen LogP contribution in [-0.4, -0.2) is 52.9 Å². The third-order valence-electron chi connectivity index (χ3n) is 4.11. The molecule has 2 aliphatic rings. The fraction of sp³-hybridized carbons (Fsp3) is 0.846. The number of rotatable bonds is 6. The molecule has 0 aromatic carbocycles. The third kappa shape index (κ3) is 4.24. The predicted molar refractivity (Wildman–Crippen MR) is 79.0 cm³/mol. The van der Waals surface area contributed by atoms with Gasteiger partial charge in [-0.15, -0.1) is 0 Å². The Morgan fingerprint density at radius 2 is 2.19 bits per heavy atom. The van der Waals surface area contributed by atoms with Crippen molar-refractivity contribution < 1.29 is 8.42 Å². The molecule has 1 unspecified atom stereocenters. The lowest BCUT2D eigenvalue weighted by atomic mass is 10.00. The Hall–Kier alpha value is -0.990. The molecule has 0 radical (unpaired) electrons. The average molecular weight is 313 g/mol. The van der Waals surface area contributed by atoms with Crippen molar-refractivity contribution in [2.75, 3.05) is 19.3 Å². The summed E-state index contributed by atoms with van der Waals surface area (Å²) < 4.78 is 26.7. The first kappa shape index (κ1) is 14.9. The van der Waals surface area contributed by atoms with E-state index in [2.05, 4.69) is 15.4 Å². The lowest BCUT2D eigenvalue weighted by molar-refractivity contribution is 0.240. The molecule has 1 aromatic heterocycles. The second-order valence-electron chi connectivity index (χ2n) is 6.17. The Morgan fingerprint density at radius 1 is 1.38 bits per heavy atom. The SMILES string of the molecule is CS(=O)(=O)N1CCCC(Cn2cnc(CNC3CC3)n2)C1. The van der Waals surface area contributed by atoms with Gasteiger partial charge in [0.05, 0.1) is 12.8 Å². The highest BCUT2D eigenvalue weighted by molar-refractivity contribution is 7.88. The highest BCUT2D eigenvalue weighted by atomic mass is 32.2. The van der Waals surface area contributed by atoms with Crippen LogP contribution in [0.1, 0.15) is 31.5 Å². The van der Waals surface area contributed by atoms with Crippen molar-refractivity contribution in [2.45, 2.75) is 44.8 Å². The summed E-state index contributed by atoms with van der Waals surface area (Å²) in [7, 11) is -3.08. The third-order valence-corrected chi connectivity index (χ3v) is 5.38. The summed E-state index contributed by atoms with van der Waals surface area (Å²) in [5.74, 6) is 1.14. The van der Waals surface area contributed by atoms with Crippen LogP contribution in [0, 0.1) is 5.92 Å². The van der Waals surface area contributed by atoms with Gasteiger partial charge >= 0.3 is 0 Å². The minimum Gasteiger partial charge on any atom is -0.307 e. The second-order valence-corrected chi connectivity index (χ2v) is 8.15. The van der Waals surface area contributed by atoms with Crippen molar-refractivity contribution in [3.63, 3.8) is 0 Å². The quantitative estimate of drug-likeness (QED) is 0.811. The predicted octanol–water partition coefficient (Wildman–Crippen LogP) is 0.202. The molecule has 0 bridgehead atoms. The molecule has 8 heteroatoms. The van der Waals surface area contributed by atoms with Gasteiger partial charge in [0.15, 0.2) is 5.82 Å². The fourth-order valence-corrected chi connectivity index (χ4v) is 3.71. The maximum atomic E-state index is 11.6. The van der Waals surface area contributed by atoms with Gasteiger partial charge in [-0.1, -0.05) is 0 Å². The lowest BCUT2D eigenvalue weighted by Crippen LogP contribution is -2.40. The fourth-order valence-electron chi connectivity index (χ4n) is 2.77. The number of aromatic nitrogens is 3. The van der Waals surface area contributed by atoms with E-state index in [1.807, 2.05) is 4.68 Å². The molecule has 3 rings (SSSR count). The molecule has 1 N–H and O–H groups in total. The topological polar surface area (TPSA) is 80.1 Å². The maximum absolute atomic E-state index is 11.6. The number of nitrogens with one attached hydrogen (secondary N) is 1. The van der Waals surface area contributed by atoms with Gasteiger partial charge in [-0.05, 0) is 31.6 Å². The Morgan fingerprint density at radius 3 is 2.90 bits per heavy atom. The Bertz CT molecular complexity index is 581. The van der Waals surface area contributed by atoms with Crippen LogP contribution in [0.5, 0.6) is 0 Å². The largest absolute Gasteiger partial charge is 0.307 e. The summed E-state index contributed by atoms with van der Waals surface area (Å²) in [6.07, 6.45) is 7.51. The van der Waals surface area contributed by atoms with E-state index in [9.17, 15) is 8.42 Å². The zero-order valence-corrected chi connectivity index (χ0v) is 13.2. The van der Waals surface area contributed by atoms with Crippen LogP contribution in [0.15, 0.2) is 6.33 Å². The standard InChI is InChI=1S/C13H23N5O2S/c1-21(19,20)18-6-2-3-11(9-18)8-17-10-15-13(16-17)7-14-12-4-5-12/h10-12,14H,2-9H2,1H3. The zero-order valence-electron chi connectivity index (χ0n) is 12.4. The Balaban J connectivity index is 1.53. The summed E-state index contributed by atoms with van der Waals surface area (Å²) in [5, 5.41) is 7.86. The van der Waals surface area contributed by atoms with Crippen molar-refractivity contribution >= 4 is 10.0 Å². The first-order valence-corrected chi connectivity index (χ1v) is 9.42. The number of sulfonamides is 1. The van der Waals surface area contributed by atoms with Gasteiger partial charge in [0.25, 0.3) is 0 Å². The minimum atomic E-state index is -3.08. The zero-order chi connectivity index (χ0) is 14.9. The van der Waals surface area contributed by atoms with E-state index in [1.165, 1.54) is 19.1 Å². The van der Waals surface area contributed by atoms with E-state index in [0.29, 0.717) is 25.0 Å². The van der Waals surface area contributed by atoms with Gasteiger partial charge in [0.1, 0.15) is 6.33 Å². The van der Waals surface area contributed by atoms with Crippen molar-refractivity contribution in [1.29, 1.82) is 0 Å². The molecule has 1 saturated heterocycles. The van der Waals surface area contributed by atoms with E-state index in [0.717, 1.165) is 31.8 Å². The summed E-state index contributed by atoms with van der Waals surface area (Å²) in [6.45, 7) is 2.69. The summed E-state index contributed by atoms with van der Waals surface area (Å²) in [6, 6.07) is 0.651. The number of nitrogens with zero attached hydrogens (tertiary/aromatic N) is 4. The van der Waals surface area contributed by atoms with Gasteiger partial charge in [-0.3, -0.25) is 4.68 Å². The average Bonchev–Trinajstić information content (AvgIpc) is 3.16. The summed E-state index contributed by atoms with van der Waals surface area (Å²) >= 11 is 0. The maximum Gasteiger partial charge on any atom is 0.211 e. The van der Waals surface area contributed by atoms with E-state index in [-0.39, 0.29) is 0 Å². The molecule has 1 aliphatic heterocycles. The summed E-state index contributed by atoms with van der Waals surface area (Å²) in [5.41, 5.74) is 0. The van der Waals surface area contributed by atoms with Crippen LogP contribution in [0.4, 0.5) is 0 Å². The Kier molecular flexibility index (Phi) is 4.28. The number of hydrogen-bond acceptors (Lipinski definition) is 5. The van der Waals surface area contributed by atoms with Crippen LogP contribution >= 0.6 is 0 Å². The first-order valence-electron chi connectivity index (χ1n) is 7.57. The normalized spacial score (nSPS) is 24.3. The molecule has 2 heterocycles. The molecule has 1 aromatic rings. The van der Waals surface area contributed by atoms with E-state index in [1.54, 1.807) is 10.6 Å². The molecule has 2 fully saturated rings. The molecule has 1 aliphatic carbocycles. The van der Waals surface area contributed by atoms with Gasteiger partial charge in [-0.2, -0.15) is 5.10 Å². The second kappa shape index (κ2) is 6.02. The molecule has 1 atom stereocenters. The molecule has 21 heavy (non-hydrogen) atoms. The molecule has 0 spiro atoms. The van der Waals surface area contributed by atoms with Crippen molar-refractivity contribution in [2.24, 2.45) is 5.92 Å². The monoisotopic (exact) mass is 313 g/mol. The van der Waals surface area contributed by atoms with Gasteiger partial charge < -0.3 is 5.32 Å². The van der Waals surface area contributed by atoms with E-state index in [4.69, 9.17) is 0 Å². The van der Waals surface area contributed by atoms with Gasteiger partial charge in [0, 0.05) is 25.7 Å². The first-order chi connectivity index (χ1) is 10.0. The molecule has 1 saturated carbocycles. The van der Waals surface area contributed by atoms with Crippen LogP contribution in [0.2, 0.25) is 0 Å². The van der Waals surface area contributed by atoms with E-state index < -0.39 is 10.0 Å². The smallest absolute Gasteiger partial charge is 0.211 e. The highest BCUT2D eigenvalue weighted by Gasteiger charge is 2.26. The van der Waals surface area contributed by atoms with Gasteiger partial charge in [-0.25, -0.2) is 17.7 Å². The van der Waals surface area contributed by atoms with Crippen molar-refractivity contribution in [1.82, 2.24) is 24.4 Å². The molecule has 7 nitrogen and oxygen atoms in total. The highest BCUT2D eigenvalue weighted by Crippen LogP contribution is 2.20. The molecule has 118 valence electrons. The van der Waals surface area contributed by atoms with Crippen LogP contribution in [-0.2, 0) is 23.1 Å². The Labute approximate surface area is 125 Å². The molecular formula is C13H23N5O2S. The minimum absolute atomic E-state index is 0.319.